The molecule has 0 saturated heterocycles. The lowest BCUT2D eigenvalue weighted by Crippen LogP contribution is -2.46. The minimum Gasteiger partial charge on any atom is -0.396 e. The Kier molecular flexibility index (Phi) is 27.8. The molecule has 0 aliphatic rings. The van der Waals surface area contributed by atoms with Crippen LogP contribution in [0.25, 0.3) is 0 Å². The Bertz CT molecular complexity index is 585. The summed E-state index contributed by atoms with van der Waals surface area (Å²) in [4.78, 5) is 25.4. The number of aliphatic hydroxyl groups is 2. The minimum absolute atomic E-state index is 0.200. The second-order valence-electron chi connectivity index (χ2n) is 11.8. The van der Waals surface area contributed by atoms with E-state index in [-0.39, 0.29) is 19.4 Å². The Labute approximate surface area is 242 Å². The molecule has 39 heavy (non-hydrogen) atoms. The summed E-state index contributed by atoms with van der Waals surface area (Å²) >= 11 is 0. The first kappa shape index (κ1) is 38.0. The molecule has 0 aromatic rings. The van der Waals surface area contributed by atoms with Crippen molar-refractivity contribution in [1.82, 2.24) is 0 Å². The van der Waals surface area contributed by atoms with Gasteiger partial charge in [-0.3, -0.25) is 9.59 Å². The maximum Gasteiger partial charge on any atom is 0.194 e. The van der Waals surface area contributed by atoms with Crippen LogP contribution < -0.4 is 0 Å². The van der Waals surface area contributed by atoms with Crippen molar-refractivity contribution in [2.45, 2.75) is 193 Å². The first-order valence-electron chi connectivity index (χ1n) is 17.1. The number of carbonyl (C=O) groups excluding carboxylic acids is 2. The molecule has 0 spiro atoms. The highest BCUT2D eigenvalue weighted by atomic mass is 16.3. The van der Waals surface area contributed by atoms with E-state index in [0.29, 0.717) is 6.42 Å². The van der Waals surface area contributed by atoms with Crippen molar-refractivity contribution < 1.29 is 19.8 Å². The average molecular weight is 551 g/mol. The molecule has 0 radical (unpaired) electrons. The van der Waals surface area contributed by atoms with Crippen LogP contribution in [0.1, 0.15) is 187 Å². The minimum atomic E-state index is -2.07. The fourth-order valence-corrected chi connectivity index (χ4v) is 5.33. The van der Waals surface area contributed by atoms with Gasteiger partial charge in [0.1, 0.15) is 0 Å². The van der Waals surface area contributed by atoms with E-state index < -0.39 is 17.2 Å². The van der Waals surface area contributed by atoms with E-state index in [4.69, 9.17) is 0 Å². The van der Waals surface area contributed by atoms with Crippen LogP contribution in [-0.4, -0.2) is 34.0 Å². The summed E-state index contributed by atoms with van der Waals surface area (Å²) in [5, 5.41) is 20.2. The van der Waals surface area contributed by atoms with Crippen molar-refractivity contribution in [1.29, 1.82) is 0 Å². The highest BCUT2D eigenvalue weighted by Gasteiger charge is 2.40. The molecule has 0 aliphatic heterocycles. The van der Waals surface area contributed by atoms with Gasteiger partial charge in [-0.05, 0) is 25.3 Å². The van der Waals surface area contributed by atoms with E-state index in [1.807, 2.05) is 0 Å². The van der Waals surface area contributed by atoms with Crippen LogP contribution in [0.5, 0.6) is 0 Å². The van der Waals surface area contributed by atoms with Gasteiger partial charge in [-0.25, -0.2) is 0 Å². The molecule has 0 aromatic heterocycles. The van der Waals surface area contributed by atoms with E-state index in [9.17, 15) is 19.8 Å². The van der Waals surface area contributed by atoms with Crippen molar-refractivity contribution in [3.05, 3.63) is 12.2 Å². The number of Topliss-reactive ketones (excluding diaryl/α,β-unsaturated/α-hetero) is 1. The van der Waals surface area contributed by atoms with Crippen LogP contribution in [0.3, 0.4) is 0 Å². The Balaban J connectivity index is 3.93. The van der Waals surface area contributed by atoms with Gasteiger partial charge >= 0.3 is 0 Å². The molecule has 1 atom stereocenters. The second kappa shape index (κ2) is 28.5. The Morgan fingerprint density at radius 1 is 0.564 bits per heavy atom. The maximum absolute atomic E-state index is 12.7. The molecule has 2 N–H and O–H groups in total. The summed E-state index contributed by atoms with van der Waals surface area (Å²) < 4.78 is 0. The Hall–Kier alpha value is -1.00. The van der Waals surface area contributed by atoms with Gasteiger partial charge in [0.15, 0.2) is 17.2 Å². The van der Waals surface area contributed by atoms with Crippen LogP contribution in [0.4, 0.5) is 0 Å². The molecular weight excluding hydrogens is 484 g/mol. The molecule has 4 nitrogen and oxygen atoms in total. The van der Waals surface area contributed by atoms with Gasteiger partial charge in [0.2, 0.25) is 0 Å². The lowest BCUT2D eigenvalue weighted by atomic mass is 9.86. The molecule has 0 saturated carbocycles. The van der Waals surface area contributed by atoms with Crippen molar-refractivity contribution >= 4 is 11.6 Å². The Morgan fingerprint density at radius 3 is 1.31 bits per heavy atom. The van der Waals surface area contributed by atoms with Gasteiger partial charge in [-0.2, -0.15) is 0 Å². The molecule has 230 valence electrons. The van der Waals surface area contributed by atoms with Crippen molar-refractivity contribution in [2.24, 2.45) is 0 Å². The number of ketones is 2. The highest BCUT2D eigenvalue weighted by Crippen LogP contribution is 2.20. The van der Waals surface area contributed by atoms with Crippen molar-refractivity contribution in [2.75, 3.05) is 6.61 Å². The zero-order valence-electron chi connectivity index (χ0n) is 26.2. The molecule has 0 fully saturated rings. The van der Waals surface area contributed by atoms with Crippen LogP contribution in [0, 0.1) is 0 Å². The lowest BCUT2D eigenvalue weighted by molar-refractivity contribution is -0.149. The van der Waals surface area contributed by atoms with E-state index in [1.54, 1.807) is 6.08 Å². The molecule has 0 bridgehead atoms. The van der Waals surface area contributed by atoms with E-state index in [2.05, 4.69) is 13.8 Å². The van der Waals surface area contributed by atoms with E-state index in [0.717, 1.165) is 32.1 Å². The number of aliphatic hydroxyl groups excluding tert-OH is 1. The summed E-state index contributed by atoms with van der Waals surface area (Å²) in [5.74, 6) is -1.01. The topological polar surface area (TPSA) is 74.6 Å². The first-order chi connectivity index (χ1) is 19.0. The summed E-state index contributed by atoms with van der Waals surface area (Å²) in [5.41, 5.74) is -2.07. The number of hydrogen-bond acceptors (Lipinski definition) is 4. The zero-order chi connectivity index (χ0) is 28.9. The number of unbranched alkanes of at least 4 members (excludes halogenated alkanes) is 23. The molecule has 0 amide bonds. The summed E-state index contributed by atoms with van der Waals surface area (Å²) in [6, 6.07) is 0. The molecule has 0 aliphatic carbocycles. The summed E-state index contributed by atoms with van der Waals surface area (Å²) in [6.45, 7) is 4.13. The second-order valence-corrected chi connectivity index (χ2v) is 11.8. The zero-order valence-corrected chi connectivity index (χ0v) is 26.2. The van der Waals surface area contributed by atoms with E-state index in [1.165, 1.54) is 128 Å². The third-order valence-electron chi connectivity index (χ3n) is 8.09. The van der Waals surface area contributed by atoms with Crippen molar-refractivity contribution in [3.63, 3.8) is 0 Å². The van der Waals surface area contributed by atoms with Crippen LogP contribution in [0.2, 0.25) is 0 Å². The number of allylic oxidation sites excluding steroid dienone is 1. The highest BCUT2D eigenvalue weighted by molar-refractivity contribution is 6.14. The lowest BCUT2D eigenvalue weighted by Gasteiger charge is -2.23. The Morgan fingerprint density at radius 2 is 0.923 bits per heavy atom. The van der Waals surface area contributed by atoms with Gasteiger partial charge in [-0.1, -0.05) is 161 Å². The van der Waals surface area contributed by atoms with Crippen molar-refractivity contribution in [3.8, 4) is 0 Å². The summed E-state index contributed by atoms with van der Waals surface area (Å²) in [6.07, 6.45) is 34.0. The standard InChI is InChI=1S/C35H66O4/c1-3-5-7-9-11-13-15-16-17-18-20-22-24-26-28-30-34(38)35(39,31-32-36)33(37)29-27-25-23-21-19-14-12-10-8-6-4-2/h28,30,36,39H,3-27,29,31-32H2,1-2H3. The summed E-state index contributed by atoms with van der Waals surface area (Å²) in [7, 11) is 0. The monoisotopic (exact) mass is 550 g/mol. The largest absolute Gasteiger partial charge is 0.396 e. The normalized spacial score (nSPS) is 13.2. The van der Waals surface area contributed by atoms with Crippen LogP contribution >= 0.6 is 0 Å². The van der Waals surface area contributed by atoms with Gasteiger partial charge < -0.3 is 10.2 Å². The molecule has 0 aromatic carbocycles. The fraction of sp³-hybridized carbons (Fsp3) is 0.886. The van der Waals surface area contributed by atoms with Gasteiger partial charge in [0, 0.05) is 19.4 Å². The third-order valence-corrected chi connectivity index (χ3v) is 8.09. The van der Waals surface area contributed by atoms with Gasteiger partial charge in [0.05, 0.1) is 0 Å². The SMILES string of the molecule is CCCCCCCCCCCCCCCC=CC(=O)C(O)(CCO)C(=O)CCCCCCCCCCCCC. The molecule has 0 rings (SSSR count). The molecule has 0 heterocycles. The predicted molar refractivity (Wildman–Crippen MR) is 167 cm³/mol. The van der Waals surface area contributed by atoms with E-state index >= 15 is 0 Å². The molecular formula is C35H66O4. The smallest absolute Gasteiger partial charge is 0.194 e. The number of rotatable bonds is 31. The number of hydrogen-bond donors (Lipinski definition) is 2. The molecule has 1 unspecified atom stereocenters. The average Bonchev–Trinajstić information content (AvgIpc) is 2.93. The third kappa shape index (κ3) is 22.4. The maximum atomic E-state index is 12.7. The predicted octanol–water partition coefficient (Wildman–Crippen LogP) is 9.98. The van der Waals surface area contributed by atoms with Crippen LogP contribution in [-0.2, 0) is 9.59 Å². The van der Waals surface area contributed by atoms with Gasteiger partial charge in [0.25, 0.3) is 0 Å². The quantitative estimate of drug-likeness (QED) is 0.0511. The van der Waals surface area contributed by atoms with Crippen LogP contribution in [0.15, 0.2) is 12.2 Å². The molecule has 4 heteroatoms. The number of carbonyl (C=O) groups is 2. The first-order valence-corrected chi connectivity index (χ1v) is 17.1. The fourth-order valence-electron chi connectivity index (χ4n) is 5.33. The van der Waals surface area contributed by atoms with Gasteiger partial charge in [-0.15, -0.1) is 0 Å².